The lowest BCUT2D eigenvalue weighted by Crippen LogP contribution is -2.03. The number of aryl methyl sites for hydroxylation is 1. The highest BCUT2D eigenvalue weighted by molar-refractivity contribution is 5.89. The van der Waals surface area contributed by atoms with Gasteiger partial charge in [0.05, 0.1) is 12.7 Å². The smallest absolute Gasteiger partial charge is 0.337 e. The maximum Gasteiger partial charge on any atom is 0.337 e. The number of esters is 1. The van der Waals surface area contributed by atoms with Gasteiger partial charge in [-0.2, -0.15) is 0 Å². The molecule has 0 spiro atoms. The Morgan fingerprint density at radius 3 is 2.52 bits per heavy atom. The van der Waals surface area contributed by atoms with Gasteiger partial charge >= 0.3 is 5.97 Å². The summed E-state index contributed by atoms with van der Waals surface area (Å²) in [6.45, 7) is 13.7. The predicted octanol–water partition coefficient (Wildman–Crippen LogP) is 5.04. The van der Waals surface area contributed by atoms with Crippen LogP contribution in [0.3, 0.4) is 0 Å². The maximum atomic E-state index is 11.5. The second-order valence-electron chi connectivity index (χ2n) is 4.29. The first-order valence-corrected chi connectivity index (χ1v) is 7.55. The van der Waals surface area contributed by atoms with E-state index >= 15 is 0 Å². The molecule has 1 aromatic rings. The topological polar surface area (TPSA) is 35.5 Å². The minimum absolute atomic E-state index is 0.377. The molecule has 0 saturated carbocycles. The molecule has 0 unspecified atom stereocenters. The van der Waals surface area contributed by atoms with Crippen LogP contribution in [0.15, 0.2) is 67.3 Å². The summed E-state index contributed by atoms with van der Waals surface area (Å²) in [6, 6.07) is 5.23. The SMILES string of the molecule is C=C/C=C(C=C)/C=C/COc1cc(C(=O)OC)ccc1C.CC. The molecule has 23 heavy (non-hydrogen) atoms. The van der Waals surface area contributed by atoms with Crippen LogP contribution in [-0.4, -0.2) is 19.7 Å². The molecule has 3 heteroatoms. The Morgan fingerprint density at radius 2 is 1.96 bits per heavy atom. The summed E-state index contributed by atoms with van der Waals surface area (Å²) in [4.78, 5) is 11.5. The molecule has 0 aliphatic rings. The molecule has 0 atom stereocenters. The van der Waals surface area contributed by atoms with Crippen LogP contribution in [0.4, 0.5) is 0 Å². The average molecular weight is 314 g/mol. The van der Waals surface area contributed by atoms with E-state index < -0.39 is 0 Å². The zero-order valence-electron chi connectivity index (χ0n) is 14.5. The van der Waals surface area contributed by atoms with Gasteiger partial charge < -0.3 is 9.47 Å². The van der Waals surface area contributed by atoms with Gasteiger partial charge in [0.25, 0.3) is 0 Å². The first-order chi connectivity index (χ1) is 11.1. The number of methoxy groups -OCH3 is 1. The van der Waals surface area contributed by atoms with E-state index in [1.54, 1.807) is 24.3 Å². The fourth-order valence-electron chi connectivity index (χ4n) is 1.65. The van der Waals surface area contributed by atoms with Gasteiger partial charge in [-0.25, -0.2) is 4.79 Å². The van der Waals surface area contributed by atoms with Crippen molar-refractivity contribution in [3.8, 4) is 5.75 Å². The third-order valence-electron chi connectivity index (χ3n) is 2.80. The highest BCUT2D eigenvalue weighted by atomic mass is 16.5. The maximum absolute atomic E-state index is 11.5. The van der Waals surface area contributed by atoms with Crippen molar-refractivity contribution in [3.05, 3.63) is 78.4 Å². The van der Waals surface area contributed by atoms with Gasteiger partial charge in [-0.15, -0.1) is 0 Å². The van der Waals surface area contributed by atoms with Crippen LogP contribution in [0, 0.1) is 6.92 Å². The number of carbonyl (C=O) groups is 1. The van der Waals surface area contributed by atoms with Crippen molar-refractivity contribution < 1.29 is 14.3 Å². The molecule has 3 nitrogen and oxygen atoms in total. The van der Waals surface area contributed by atoms with Gasteiger partial charge in [-0.05, 0) is 36.3 Å². The van der Waals surface area contributed by atoms with Crippen LogP contribution in [0.1, 0.15) is 29.8 Å². The first kappa shape index (κ1) is 20.5. The molecular formula is C20H26O3. The van der Waals surface area contributed by atoms with Gasteiger partial charge in [0, 0.05) is 0 Å². The largest absolute Gasteiger partial charge is 0.489 e. The summed E-state index contributed by atoms with van der Waals surface area (Å²) in [6.07, 6.45) is 9.07. The third-order valence-corrected chi connectivity index (χ3v) is 2.80. The summed E-state index contributed by atoms with van der Waals surface area (Å²) < 4.78 is 10.4. The summed E-state index contributed by atoms with van der Waals surface area (Å²) >= 11 is 0. The van der Waals surface area contributed by atoms with Crippen molar-refractivity contribution in [2.24, 2.45) is 0 Å². The molecular weight excluding hydrogens is 288 g/mol. The van der Waals surface area contributed by atoms with E-state index in [-0.39, 0.29) is 5.97 Å². The van der Waals surface area contributed by atoms with Gasteiger partial charge in [-0.3, -0.25) is 0 Å². The molecule has 0 N–H and O–H groups in total. The van der Waals surface area contributed by atoms with Crippen LogP contribution in [0.5, 0.6) is 5.75 Å². The standard InChI is InChI=1S/C18H20O3.C2H6/c1-5-8-15(6-2)9-7-12-21-17-13-16(18(19)20-4)11-10-14(17)3;1-2/h5-11,13H,1-2,12H2,3-4H3;1-2H3/b9-7+,15-8+;. The molecule has 0 heterocycles. The van der Waals surface area contributed by atoms with Crippen molar-refractivity contribution in [1.29, 1.82) is 0 Å². The Morgan fingerprint density at radius 1 is 1.26 bits per heavy atom. The lowest BCUT2D eigenvalue weighted by Gasteiger charge is -2.08. The summed E-state index contributed by atoms with van der Waals surface area (Å²) in [5, 5.41) is 0. The summed E-state index contributed by atoms with van der Waals surface area (Å²) in [7, 11) is 1.36. The van der Waals surface area contributed by atoms with Crippen molar-refractivity contribution >= 4 is 5.97 Å². The van der Waals surface area contributed by atoms with E-state index in [1.807, 2.05) is 45.1 Å². The zero-order valence-corrected chi connectivity index (χ0v) is 14.5. The van der Waals surface area contributed by atoms with Crippen molar-refractivity contribution in [3.63, 3.8) is 0 Å². The number of hydrogen-bond acceptors (Lipinski definition) is 3. The lowest BCUT2D eigenvalue weighted by atomic mass is 10.1. The third kappa shape index (κ3) is 7.32. The molecule has 1 rings (SSSR count). The average Bonchev–Trinajstić information content (AvgIpc) is 2.60. The molecule has 1 aromatic carbocycles. The summed E-state index contributed by atoms with van der Waals surface area (Å²) in [5.74, 6) is 0.286. The van der Waals surface area contributed by atoms with Crippen molar-refractivity contribution in [2.75, 3.05) is 13.7 Å². The predicted molar refractivity (Wildman–Crippen MR) is 97.0 cm³/mol. The van der Waals surface area contributed by atoms with Crippen molar-refractivity contribution in [2.45, 2.75) is 20.8 Å². The van der Waals surface area contributed by atoms with E-state index in [9.17, 15) is 4.79 Å². The molecule has 0 aromatic heterocycles. The Hall–Kier alpha value is -2.55. The normalized spacial score (nSPS) is 10.5. The van der Waals surface area contributed by atoms with E-state index in [4.69, 9.17) is 9.47 Å². The number of carbonyl (C=O) groups excluding carboxylic acids is 1. The van der Waals surface area contributed by atoms with E-state index in [1.165, 1.54) is 7.11 Å². The first-order valence-electron chi connectivity index (χ1n) is 7.55. The fraction of sp³-hybridized carbons (Fsp3) is 0.250. The molecule has 0 aliphatic carbocycles. The minimum Gasteiger partial charge on any atom is -0.489 e. The lowest BCUT2D eigenvalue weighted by molar-refractivity contribution is 0.0600. The molecule has 0 amide bonds. The highest BCUT2D eigenvalue weighted by Gasteiger charge is 2.08. The number of ether oxygens (including phenoxy) is 2. The number of rotatable bonds is 7. The van der Waals surface area contributed by atoms with Crippen LogP contribution in [0.2, 0.25) is 0 Å². The highest BCUT2D eigenvalue weighted by Crippen LogP contribution is 2.20. The fourth-order valence-corrected chi connectivity index (χ4v) is 1.65. The van der Waals surface area contributed by atoms with Crippen LogP contribution < -0.4 is 4.74 Å². The molecule has 0 aliphatic heterocycles. The molecule has 0 saturated heterocycles. The van der Waals surface area contributed by atoms with Crippen LogP contribution in [0.25, 0.3) is 0 Å². The summed E-state index contributed by atoms with van der Waals surface area (Å²) in [5.41, 5.74) is 2.38. The molecule has 124 valence electrons. The van der Waals surface area contributed by atoms with Gasteiger partial charge in [0.1, 0.15) is 12.4 Å². The van der Waals surface area contributed by atoms with Gasteiger partial charge in [0.15, 0.2) is 0 Å². The Kier molecular flexibility index (Phi) is 10.7. The number of allylic oxidation sites excluding steroid dienone is 5. The van der Waals surface area contributed by atoms with E-state index in [2.05, 4.69) is 13.2 Å². The van der Waals surface area contributed by atoms with Gasteiger partial charge in [0.2, 0.25) is 0 Å². The number of benzene rings is 1. The molecule has 0 radical (unpaired) electrons. The van der Waals surface area contributed by atoms with Gasteiger partial charge in [-0.1, -0.05) is 57.4 Å². The Balaban J connectivity index is 0.00000232. The molecule has 0 fully saturated rings. The van der Waals surface area contributed by atoms with E-state index in [0.717, 1.165) is 11.1 Å². The van der Waals surface area contributed by atoms with Crippen LogP contribution in [-0.2, 0) is 4.74 Å². The Labute approximate surface area is 139 Å². The molecule has 0 bridgehead atoms. The number of hydrogen-bond donors (Lipinski definition) is 0. The minimum atomic E-state index is -0.377. The second-order valence-corrected chi connectivity index (χ2v) is 4.29. The monoisotopic (exact) mass is 314 g/mol. The van der Waals surface area contributed by atoms with E-state index in [0.29, 0.717) is 17.9 Å². The second kappa shape index (κ2) is 12.0. The van der Waals surface area contributed by atoms with Crippen molar-refractivity contribution in [1.82, 2.24) is 0 Å². The quantitative estimate of drug-likeness (QED) is 0.522. The Bertz CT molecular complexity index is 581. The van der Waals surface area contributed by atoms with Crippen LogP contribution >= 0.6 is 0 Å². The zero-order chi connectivity index (χ0) is 17.7.